The van der Waals surface area contributed by atoms with E-state index in [-0.39, 0.29) is 13.2 Å². The van der Waals surface area contributed by atoms with E-state index in [4.69, 9.17) is 20.3 Å². The average molecular weight is 280 g/mol. The van der Waals surface area contributed by atoms with E-state index in [1.165, 1.54) is 12.8 Å². The van der Waals surface area contributed by atoms with Gasteiger partial charge >= 0.3 is 0 Å². The van der Waals surface area contributed by atoms with Crippen molar-refractivity contribution < 1.29 is 14.6 Å². The van der Waals surface area contributed by atoms with Gasteiger partial charge < -0.3 is 25.6 Å². The van der Waals surface area contributed by atoms with E-state index in [1.54, 1.807) is 7.11 Å². The van der Waals surface area contributed by atoms with E-state index in [9.17, 15) is 0 Å². The molecule has 2 unspecified atom stereocenters. The lowest BCUT2D eigenvalue weighted by Crippen LogP contribution is -2.29. The molecular weight excluding hydrogens is 256 g/mol. The Hall–Kier alpha value is -1.46. The number of methoxy groups -OCH3 is 1. The summed E-state index contributed by atoms with van der Waals surface area (Å²) in [6, 6.07) is 6.21. The van der Waals surface area contributed by atoms with Gasteiger partial charge in [0.1, 0.15) is 6.61 Å². The Kier molecular flexibility index (Phi) is 5.49. The van der Waals surface area contributed by atoms with Crippen molar-refractivity contribution in [3.8, 4) is 11.5 Å². The molecule has 2 atom stereocenters. The second kappa shape index (κ2) is 7.36. The molecule has 1 aromatic rings. The molecule has 1 fully saturated rings. The van der Waals surface area contributed by atoms with Crippen LogP contribution in [0.2, 0.25) is 0 Å². The fourth-order valence-electron chi connectivity index (χ4n) is 2.76. The number of anilines is 1. The maximum atomic E-state index is 8.86. The van der Waals surface area contributed by atoms with Gasteiger partial charge in [-0.05, 0) is 37.4 Å². The van der Waals surface area contributed by atoms with Crippen LogP contribution in [0.4, 0.5) is 5.69 Å². The molecule has 0 aromatic heterocycles. The fourth-order valence-corrected chi connectivity index (χ4v) is 2.76. The molecule has 1 saturated carbocycles. The van der Waals surface area contributed by atoms with Crippen molar-refractivity contribution in [1.29, 1.82) is 0 Å². The predicted molar refractivity (Wildman–Crippen MR) is 79.4 cm³/mol. The molecule has 0 heterocycles. The Labute approximate surface area is 120 Å². The quantitative estimate of drug-likeness (QED) is 0.707. The van der Waals surface area contributed by atoms with Crippen molar-refractivity contribution in [2.24, 2.45) is 11.7 Å². The number of hydrogen-bond donors (Lipinski definition) is 3. The van der Waals surface area contributed by atoms with E-state index >= 15 is 0 Å². The van der Waals surface area contributed by atoms with Crippen LogP contribution in [0, 0.1) is 5.92 Å². The second-order valence-electron chi connectivity index (χ2n) is 5.12. The summed E-state index contributed by atoms with van der Waals surface area (Å²) in [6.45, 7) is 0.967. The zero-order valence-corrected chi connectivity index (χ0v) is 12.0. The van der Waals surface area contributed by atoms with Crippen LogP contribution >= 0.6 is 0 Å². The van der Waals surface area contributed by atoms with Crippen LogP contribution in [0.1, 0.15) is 19.3 Å². The third-order valence-electron chi connectivity index (χ3n) is 3.83. The highest BCUT2D eigenvalue weighted by atomic mass is 16.5. The van der Waals surface area contributed by atoms with E-state index < -0.39 is 0 Å². The van der Waals surface area contributed by atoms with E-state index in [2.05, 4.69) is 5.32 Å². The van der Waals surface area contributed by atoms with Crippen LogP contribution < -0.4 is 20.5 Å². The smallest absolute Gasteiger partial charge is 0.163 e. The summed E-state index contributed by atoms with van der Waals surface area (Å²) in [5.41, 5.74) is 6.81. The molecule has 0 aliphatic heterocycles. The van der Waals surface area contributed by atoms with Crippen LogP contribution in [-0.4, -0.2) is 38.0 Å². The summed E-state index contributed by atoms with van der Waals surface area (Å²) in [7, 11) is 1.61. The summed E-state index contributed by atoms with van der Waals surface area (Å²) >= 11 is 0. The van der Waals surface area contributed by atoms with Crippen molar-refractivity contribution >= 4 is 5.69 Å². The Balaban J connectivity index is 2.07. The van der Waals surface area contributed by atoms with Crippen molar-refractivity contribution in [3.05, 3.63) is 18.2 Å². The predicted octanol–water partition coefficient (Wildman–Crippen LogP) is 1.61. The zero-order chi connectivity index (χ0) is 14.4. The molecule has 112 valence electrons. The van der Waals surface area contributed by atoms with Crippen LogP contribution in [0.5, 0.6) is 11.5 Å². The van der Waals surface area contributed by atoms with Gasteiger partial charge in [-0.2, -0.15) is 0 Å². The molecule has 5 nitrogen and oxygen atoms in total. The molecule has 0 radical (unpaired) electrons. The van der Waals surface area contributed by atoms with Crippen molar-refractivity contribution in [2.45, 2.75) is 25.3 Å². The fraction of sp³-hybridized carbons (Fsp3) is 0.600. The summed E-state index contributed by atoms with van der Waals surface area (Å²) in [5.74, 6) is 1.86. The van der Waals surface area contributed by atoms with Crippen molar-refractivity contribution in [2.75, 3.05) is 32.2 Å². The topological polar surface area (TPSA) is 76.7 Å². The third-order valence-corrected chi connectivity index (χ3v) is 3.83. The molecule has 1 aliphatic carbocycles. The SMILES string of the molecule is COc1ccc(NC2CCCC2CN)cc1OCCO. The maximum absolute atomic E-state index is 8.86. The Morgan fingerprint density at radius 2 is 2.20 bits per heavy atom. The molecule has 2 rings (SSSR count). The minimum Gasteiger partial charge on any atom is -0.493 e. The summed E-state index contributed by atoms with van der Waals surface area (Å²) < 4.78 is 10.8. The number of rotatable bonds is 7. The Morgan fingerprint density at radius 3 is 2.90 bits per heavy atom. The molecule has 4 N–H and O–H groups in total. The van der Waals surface area contributed by atoms with E-state index in [1.807, 2.05) is 18.2 Å². The van der Waals surface area contributed by atoms with Crippen LogP contribution in [0.15, 0.2) is 18.2 Å². The molecule has 0 bridgehead atoms. The van der Waals surface area contributed by atoms with Crippen LogP contribution in [-0.2, 0) is 0 Å². The van der Waals surface area contributed by atoms with Gasteiger partial charge in [0.25, 0.3) is 0 Å². The highest BCUT2D eigenvalue weighted by Gasteiger charge is 2.25. The summed E-state index contributed by atoms with van der Waals surface area (Å²) in [4.78, 5) is 0. The number of aliphatic hydroxyl groups is 1. The first-order chi connectivity index (χ1) is 9.78. The average Bonchev–Trinajstić information content (AvgIpc) is 2.92. The van der Waals surface area contributed by atoms with Gasteiger partial charge in [-0.3, -0.25) is 0 Å². The number of aliphatic hydroxyl groups excluding tert-OH is 1. The monoisotopic (exact) mass is 280 g/mol. The second-order valence-corrected chi connectivity index (χ2v) is 5.12. The molecular formula is C15H24N2O3. The lowest BCUT2D eigenvalue weighted by molar-refractivity contribution is 0.196. The molecule has 1 aromatic carbocycles. The third kappa shape index (κ3) is 3.55. The van der Waals surface area contributed by atoms with Crippen LogP contribution in [0.25, 0.3) is 0 Å². The Bertz CT molecular complexity index is 426. The minimum atomic E-state index is -0.0152. The van der Waals surface area contributed by atoms with Gasteiger partial charge in [-0.25, -0.2) is 0 Å². The van der Waals surface area contributed by atoms with Gasteiger partial charge in [0.15, 0.2) is 11.5 Å². The van der Waals surface area contributed by atoms with Gasteiger partial charge in [-0.1, -0.05) is 6.42 Å². The van der Waals surface area contributed by atoms with E-state index in [0.29, 0.717) is 23.5 Å². The van der Waals surface area contributed by atoms with Crippen molar-refractivity contribution in [1.82, 2.24) is 0 Å². The normalized spacial score (nSPS) is 21.8. The number of ether oxygens (including phenoxy) is 2. The molecule has 5 heteroatoms. The molecule has 20 heavy (non-hydrogen) atoms. The summed E-state index contributed by atoms with van der Waals surface area (Å²) in [5, 5.41) is 12.4. The van der Waals surface area contributed by atoms with Gasteiger partial charge in [0, 0.05) is 17.8 Å². The number of benzene rings is 1. The number of nitrogens with two attached hydrogens (primary N) is 1. The van der Waals surface area contributed by atoms with Gasteiger partial charge in [0.05, 0.1) is 13.7 Å². The highest BCUT2D eigenvalue weighted by Crippen LogP contribution is 2.33. The lowest BCUT2D eigenvalue weighted by Gasteiger charge is -2.21. The largest absolute Gasteiger partial charge is 0.493 e. The summed E-state index contributed by atoms with van der Waals surface area (Å²) in [6.07, 6.45) is 3.57. The molecule has 0 saturated heterocycles. The first-order valence-corrected chi connectivity index (χ1v) is 7.16. The first kappa shape index (κ1) is 14.9. The first-order valence-electron chi connectivity index (χ1n) is 7.16. The number of hydrogen-bond acceptors (Lipinski definition) is 5. The Morgan fingerprint density at radius 1 is 1.35 bits per heavy atom. The maximum Gasteiger partial charge on any atom is 0.163 e. The molecule has 0 spiro atoms. The number of nitrogens with one attached hydrogen (secondary N) is 1. The molecule has 0 amide bonds. The lowest BCUT2D eigenvalue weighted by atomic mass is 10.0. The minimum absolute atomic E-state index is 0.0152. The zero-order valence-electron chi connectivity index (χ0n) is 12.0. The van der Waals surface area contributed by atoms with Gasteiger partial charge in [-0.15, -0.1) is 0 Å². The van der Waals surface area contributed by atoms with Crippen LogP contribution in [0.3, 0.4) is 0 Å². The standard InChI is InChI=1S/C15H24N2O3/c1-19-14-6-5-12(9-15(14)20-8-7-18)17-13-4-2-3-11(13)10-16/h5-6,9,11,13,17-18H,2-4,7-8,10,16H2,1H3. The molecule has 1 aliphatic rings. The van der Waals surface area contributed by atoms with Gasteiger partial charge in [0.2, 0.25) is 0 Å². The van der Waals surface area contributed by atoms with Crippen molar-refractivity contribution in [3.63, 3.8) is 0 Å². The van der Waals surface area contributed by atoms with E-state index in [0.717, 1.165) is 18.7 Å². The highest BCUT2D eigenvalue weighted by molar-refractivity contribution is 5.55.